The van der Waals surface area contributed by atoms with Gasteiger partial charge in [-0.15, -0.1) is 0 Å². The maximum Gasteiger partial charge on any atom is 0.243 e. The monoisotopic (exact) mass is 326 g/mol. The van der Waals surface area contributed by atoms with Crippen molar-refractivity contribution >= 4 is 10.0 Å². The Morgan fingerprint density at radius 2 is 2.00 bits per heavy atom. The third-order valence-corrected chi connectivity index (χ3v) is 6.35. The minimum Gasteiger partial charge on any atom is -0.486 e. The molecule has 2 N–H and O–H groups in total. The van der Waals surface area contributed by atoms with Crippen molar-refractivity contribution in [1.82, 2.24) is 4.31 Å². The van der Waals surface area contributed by atoms with E-state index in [0.29, 0.717) is 37.8 Å². The molecular formula is C15H22N2O4S. The summed E-state index contributed by atoms with van der Waals surface area (Å²) >= 11 is 0. The van der Waals surface area contributed by atoms with Gasteiger partial charge >= 0.3 is 0 Å². The first kappa shape index (κ1) is 15.6. The molecule has 2 unspecified atom stereocenters. The van der Waals surface area contributed by atoms with Gasteiger partial charge in [0.25, 0.3) is 0 Å². The van der Waals surface area contributed by atoms with E-state index in [0.717, 1.165) is 12.8 Å². The van der Waals surface area contributed by atoms with Crippen molar-refractivity contribution in [2.45, 2.75) is 30.7 Å². The second-order valence-electron chi connectivity index (χ2n) is 5.84. The maximum atomic E-state index is 13.0. The molecule has 0 aromatic heterocycles. The van der Waals surface area contributed by atoms with Crippen LogP contribution >= 0.6 is 0 Å². The first-order valence-corrected chi connectivity index (χ1v) is 9.09. The molecule has 1 aromatic rings. The van der Waals surface area contributed by atoms with Gasteiger partial charge in [-0.05, 0) is 30.9 Å². The number of nitrogens with two attached hydrogens (primary N) is 1. The highest BCUT2D eigenvalue weighted by atomic mass is 32.2. The maximum absolute atomic E-state index is 13.0. The largest absolute Gasteiger partial charge is 0.486 e. The molecule has 2 aliphatic heterocycles. The number of ether oxygens (including phenoxy) is 2. The molecule has 1 saturated heterocycles. The molecule has 7 heteroatoms. The summed E-state index contributed by atoms with van der Waals surface area (Å²) in [4.78, 5) is 0.240. The smallest absolute Gasteiger partial charge is 0.243 e. The summed E-state index contributed by atoms with van der Waals surface area (Å²) in [6, 6.07) is 4.64. The van der Waals surface area contributed by atoms with Crippen LogP contribution in [-0.2, 0) is 10.0 Å². The number of hydrogen-bond donors (Lipinski definition) is 1. The number of fused-ring (bicyclic) bond motifs is 1. The number of sulfonamides is 1. The van der Waals surface area contributed by atoms with E-state index in [1.165, 1.54) is 0 Å². The quantitative estimate of drug-likeness (QED) is 0.903. The van der Waals surface area contributed by atoms with Crippen LogP contribution in [0.4, 0.5) is 0 Å². The molecular weight excluding hydrogens is 304 g/mol. The highest BCUT2D eigenvalue weighted by molar-refractivity contribution is 7.89. The molecule has 0 amide bonds. The SMILES string of the molecule is CC1CCCN(S(=O)(=O)c2ccc3c(c2)OCCO3)C1CN. The van der Waals surface area contributed by atoms with Crippen LogP contribution in [0.25, 0.3) is 0 Å². The molecule has 6 nitrogen and oxygen atoms in total. The summed E-state index contributed by atoms with van der Waals surface area (Å²) in [5, 5.41) is 0. The van der Waals surface area contributed by atoms with Crippen LogP contribution in [0.3, 0.4) is 0 Å². The van der Waals surface area contributed by atoms with Gasteiger partial charge in [-0.1, -0.05) is 6.92 Å². The average Bonchev–Trinajstić information content (AvgIpc) is 2.54. The number of piperidine rings is 1. The van der Waals surface area contributed by atoms with Crippen LogP contribution in [0.2, 0.25) is 0 Å². The Balaban J connectivity index is 1.95. The predicted octanol–water partition coefficient (Wildman–Crippen LogP) is 1.21. The van der Waals surface area contributed by atoms with Gasteiger partial charge in [0.15, 0.2) is 11.5 Å². The highest BCUT2D eigenvalue weighted by Gasteiger charge is 2.36. The number of rotatable bonds is 3. The average molecular weight is 326 g/mol. The van der Waals surface area contributed by atoms with Crippen LogP contribution in [0, 0.1) is 5.92 Å². The highest BCUT2D eigenvalue weighted by Crippen LogP contribution is 2.35. The van der Waals surface area contributed by atoms with Crippen molar-refractivity contribution in [3.05, 3.63) is 18.2 Å². The molecule has 122 valence electrons. The van der Waals surface area contributed by atoms with Crippen molar-refractivity contribution in [2.75, 3.05) is 26.3 Å². The fourth-order valence-corrected chi connectivity index (χ4v) is 4.97. The second kappa shape index (κ2) is 6.06. The van der Waals surface area contributed by atoms with Crippen LogP contribution in [0.15, 0.2) is 23.1 Å². The zero-order valence-electron chi connectivity index (χ0n) is 12.7. The lowest BCUT2D eigenvalue weighted by Crippen LogP contribution is -2.51. The Labute approximate surface area is 131 Å². The van der Waals surface area contributed by atoms with Gasteiger partial charge in [0.1, 0.15) is 13.2 Å². The molecule has 0 spiro atoms. The zero-order valence-corrected chi connectivity index (χ0v) is 13.5. The van der Waals surface area contributed by atoms with Gasteiger partial charge in [0.2, 0.25) is 10.0 Å². The van der Waals surface area contributed by atoms with Crippen LogP contribution in [0.5, 0.6) is 11.5 Å². The Morgan fingerprint density at radius 1 is 1.27 bits per heavy atom. The summed E-state index contributed by atoms with van der Waals surface area (Å²) in [5.74, 6) is 1.35. The summed E-state index contributed by atoms with van der Waals surface area (Å²) in [6.07, 6.45) is 1.87. The molecule has 3 rings (SSSR count). The fourth-order valence-electron chi connectivity index (χ4n) is 3.18. The van der Waals surface area contributed by atoms with Gasteiger partial charge < -0.3 is 15.2 Å². The second-order valence-corrected chi connectivity index (χ2v) is 7.73. The number of nitrogens with zero attached hydrogens (tertiary/aromatic N) is 1. The molecule has 0 bridgehead atoms. The van der Waals surface area contributed by atoms with E-state index >= 15 is 0 Å². The van der Waals surface area contributed by atoms with E-state index in [-0.39, 0.29) is 16.9 Å². The molecule has 22 heavy (non-hydrogen) atoms. The van der Waals surface area contributed by atoms with Gasteiger partial charge in [-0.25, -0.2) is 8.42 Å². The predicted molar refractivity (Wildman–Crippen MR) is 82.6 cm³/mol. The number of benzene rings is 1. The Hall–Kier alpha value is -1.31. The first-order chi connectivity index (χ1) is 10.5. The van der Waals surface area contributed by atoms with E-state index in [2.05, 4.69) is 6.92 Å². The fraction of sp³-hybridized carbons (Fsp3) is 0.600. The third-order valence-electron chi connectivity index (χ3n) is 4.43. The van der Waals surface area contributed by atoms with Crippen molar-refractivity contribution in [3.8, 4) is 11.5 Å². The molecule has 0 aliphatic carbocycles. The molecule has 2 heterocycles. The van der Waals surface area contributed by atoms with Crippen molar-refractivity contribution in [3.63, 3.8) is 0 Å². The summed E-state index contributed by atoms with van der Waals surface area (Å²) in [5.41, 5.74) is 5.82. The molecule has 1 aromatic carbocycles. The minimum absolute atomic E-state index is 0.146. The standard InChI is InChI=1S/C15H22N2O4S/c1-11-3-2-6-17(13(11)10-16)22(18,19)12-4-5-14-15(9-12)21-8-7-20-14/h4-5,9,11,13H,2-3,6-8,10,16H2,1H3. The van der Waals surface area contributed by atoms with E-state index in [1.54, 1.807) is 22.5 Å². The van der Waals surface area contributed by atoms with E-state index in [4.69, 9.17) is 15.2 Å². The lowest BCUT2D eigenvalue weighted by atomic mass is 9.93. The van der Waals surface area contributed by atoms with E-state index in [1.807, 2.05) is 0 Å². The van der Waals surface area contributed by atoms with Gasteiger partial charge in [0, 0.05) is 25.2 Å². The van der Waals surface area contributed by atoms with Crippen molar-refractivity contribution in [2.24, 2.45) is 11.7 Å². The lowest BCUT2D eigenvalue weighted by Gasteiger charge is -2.38. The lowest BCUT2D eigenvalue weighted by molar-refractivity contribution is 0.170. The van der Waals surface area contributed by atoms with Gasteiger partial charge in [-0.2, -0.15) is 4.31 Å². The Kier molecular flexibility index (Phi) is 4.29. The van der Waals surface area contributed by atoms with E-state index < -0.39 is 10.0 Å². The number of hydrogen-bond acceptors (Lipinski definition) is 5. The first-order valence-electron chi connectivity index (χ1n) is 7.65. The Morgan fingerprint density at radius 3 is 2.73 bits per heavy atom. The summed E-state index contributed by atoms with van der Waals surface area (Å²) < 4.78 is 38.4. The molecule has 2 aliphatic rings. The normalized spacial score (nSPS) is 25.9. The van der Waals surface area contributed by atoms with Crippen LogP contribution < -0.4 is 15.2 Å². The molecule has 2 atom stereocenters. The van der Waals surface area contributed by atoms with E-state index in [9.17, 15) is 8.42 Å². The van der Waals surface area contributed by atoms with Crippen molar-refractivity contribution in [1.29, 1.82) is 0 Å². The van der Waals surface area contributed by atoms with Gasteiger partial charge in [0.05, 0.1) is 4.90 Å². The Bertz CT molecular complexity index is 647. The van der Waals surface area contributed by atoms with Gasteiger partial charge in [-0.3, -0.25) is 0 Å². The summed E-state index contributed by atoms with van der Waals surface area (Å²) in [7, 11) is -3.57. The molecule has 0 saturated carbocycles. The zero-order chi connectivity index (χ0) is 15.7. The van der Waals surface area contributed by atoms with Crippen LogP contribution in [0.1, 0.15) is 19.8 Å². The molecule has 0 radical (unpaired) electrons. The summed E-state index contributed by atoms with van der Waals surface area (Å²) in [6.45, 7) is 3.83. The van der Waals surface area contributed by atoms with Crippen LogP contribution in [-0.4, -0.2) is 45.1 Å². The third kappa shape index (κ3) is 2.68. The molecule has 1 fully saturated rings. The topological polar surface area (TPSA) is 81.9 Å². The minimum atomic E-state index is -3.57. The van der Waals surface area contributed by atoms with Crippen molar-refractivity contribution < 1.29 is 17.9 Å².